The van der Waals surface area contributed by atoms with Gasteiger partial charge in [0.05, 0.1) is 18.1 Å². The summed E-state index contributed by atoms with van der Waals surface area (Å²) >= 11 is 0. The molecule has 1 N–H and O–H groups in total. The number of amides is 2. The van der Waals surface area contributed by atoms with E-state index in [0.717, 1.165) is 30.6 Å². The first-order valence-electron chi connectivity index (χ1n) is 9.07. The molecule has 1 fully saturated rings. The number of nitrogens with one attached hydrogen (secondary N) is 1. The minimum absolute atomic E-state index is 0.0979. The van der Waals surface area contributed by atoms with Crippen LogP contribution in [-0.4, -0.2) is 57.8 Å². The van der Waals surface area contributed by atoms with Crippen LogP contribution >= 0.6 is 0 Å². The predicted molar refractivity (Wildman–Crippen MR) is 102 cm³/mol. The van der Waals surface area contributed by atoms with Crippen molar-refractivity contribution in [3.05, 3.63) is 42.0 Å². The lowest BCUT2D eigenvalue weighted by Gasteiger charge is -2.40. The van der Waals surface area contributed by atoms with Gasteiger partial charge in [-0.15, -0.1) is 0 Å². The zero-order valence-corrected chi connectivity index (χ0v) is 16.0. The summed E-state index contributed by atoms with van der Waals surface area (Å²) < 4.78 is 1.84. The van der Waals surface area contributed by atoms with Crippen molar-refractivity contribution in [1.29, 1.82) is 0 Å². The number of piperidine rings is 1. The summed E-state index contributed by atoms with van der Waals surface area (Å²) in [4.78, 5) is 20.9. The molecule has 3 heterocycles. The minimum atomic E-state index is -0.0979. The molecule has 26 heavy (non-hydrogen) atoms. The number of urea groups is 1. The predicted octanol–water partition coefficient (Wildman–Crippen LogP) is 2.67. The molecule has 2 atom stereocenters. The Morgan fingerprint density at radius 2 is 2.19 bits per heavy atom. The van der Waals surface area contributed by atoms with Gasteiger partial charge in [-0.05, 0) is 50.9 Å². The summed E-state index contributed by atoms with van der Waals surface area (Å²) in [6.45, 7) is 3.74. The second-order valence-corrected chi connectivity index (χ2v) is 7.28. The average Bonchev–Trinajstić information content (AvgIpc) is 3.03. The van der Waals surface area contributed by atoms with Crippen LogP contribution < -0.4 is 5.32 Å². The Balaban J connectivity index is 1.69. The van der Waals surface area contributed by atoms with Crippen molar-refractivity contribution in [1.82, 2.24) is 24.6 Å². The molecule has 0 aliphatic carbocycles. The van der Waals surface area contributed by atoms with Crippen LogP contribution in [0.1, 0.15) is 30.0 Å². The third-order valence-corrected chi connectivity index (χ3v) is 5.21. The van der Waals surface area contributed by atoms with E-state index in [1.54, 1.807) is 17.3 Å². The largest absolute Gasteiger partial charge is 0.327 e. The van der Waals surface area contributed by atoms with E-state index in [9.17, 15) is 4.79 Å². The van der Waals surface area contributed by atoms with Gasteiger partial charge in [-0.2, -0.15) is 5.10 Å². The van der Waals surface area contributed by atoms with Gasteiger partial charge in [-0.3, -0.25) is 14.6 Å². The summed E-state index contributed by atoms with van der Waals surface area (Å²) in [6, 6.07) is 2.08. The van der Waals surface area contributed by atoms with E-state index in [0.29, 0.717) is 12.5 Å². The third kappa shape index (κ3) is 4.04. The number of carbonyl (C=O) groups is 1. The minimum Gasteiger partial charge on any atom is -0.327 e. The van der Waals surface area contributed by atoms with E-state index >= 15 is 0 Å². The number of rotatable bonds is 4. The monoisotopic (exact) mass is 356 g/mol. The Hall–Kier alpha value is -2.41. The molecule has 2 aromatic rings. The van der Waals surface area contributed by atoms with Crippen LogP contribution in [-0.2, 0) is 7.05 Å². The van der Waals surface area contributed by atoms with Gasteiger partial charge in [-0.1, -0.05) is 0 Å². The Morgan fingerprint density at radius 1 is 1.38 bits per heavy atom. The molecule has 7 nitrogen and oxygen atoms in total. The molecular formula is C19H28N6O. The number of anilines is 1. The zero-order valence-electron chi connectivity index (χ0n) is 16.0. The first-order chi connectivity index (χ1) is 12.5. The van der Waals surface area contributed by atoms with E-state index in [1.807, 2.05) is 38.0 Å². The molecule has 0 radical (unpaired) electrons. The summed E-state index contributed by atoms with van der Waals surface area (Å²) in [6.07, 6.45) is 9.69. The molecule has 2 aromatic heterocycles. The van der Waals surface area contributed by atoms with Gasteiger partial charge in [0.2, 0.25) is 0 Å². The molecule has 1 aliphatic rings. The van der Waals surface area contributed by atoms with E-state index in [-0.39, 0.29) is 12.1 Å². The molecule has 3 rings (SSSR count). The van der Waals surface area contributed by atoms with Crippen molar-refractivity contribution in [3.63, 3.8) is 0 Å². The van der Waals surface area contributed by atoms with Crippen molar-refractivity contribution < 1.29 is 4.79 Å². The van der Waals surface area contributed by atoms with E-state index in [1.165, 1.54) is 5.56 Å². The summed E-state index contributed by atoms with van der Waals surface area (Å²) in [5, 5.41) is 7.29. The molecule has 1 saturated heterocycles. The standard InChI is InChI=1S/C19H28N6O/c1-14-7-8-20-11-17(14)22-19(26)24(3)12-15-6-5-9-23(2)18(15)16-10-21-25(4)13-16/h7-8,10-11,13,15,18H,5-6,9,12H2,1-4H3,(H,22,26)/t15-,18+/m0/s1. The number of pyridine rings is 1. The van der Waals surface area contributed by atoms with Crippen LogP contribution in [0.25, 0.3) is 0 Å². The van der Waals surface area contributed by atoms with E-state index in [2.05, 4.69) is 33.5 Å². The van der Waals surface area contributed by atoms with Gasteiger partial charge in [0.1, 0.15) is 0 Å². The number of hydrogen-bond donors (Lipinski definition) is 1. The first kappa shape index (κ1) is 18.4. The average molecular weight is 356 g/mol. The molecule has 7 heteroatoms. The van der Waals surface area contributed by atoms with Crippen LogP contribution in [0.3, 0.4) is 0 Å². The lowest BCUT2D eigenvalue weighted by atomic mass is 9.86. The molecule has 2 amide bonds. The maximum absolute atomic E-state index is 12.6. The van der Waals surface area contributed by atoms with E-state index < -0.39 is 0 Å². The molecule has 0 saturated carbocycles. The van der Waals surface area contributed by atoms with Gasteiger partial charge in [0.25, 0.3) is 0 Å². The molecule has 0 spiro atoms. The van der Waals surface area contributed by atoms with Gasteiger partial charge < -0.3 is 10.2 Å². The molecule has 0 aromatic carbocycles. The summed E-state index contributed by atoms with van der Waals surface area (Å²) in [5.74, 6) is 0.378. The quantitative estimate of drug-likeness (QED) is 0.915. The fraction of sp³-hybridized carbons (Fsp3) is 0.526. The highest BCUT2D eigenvalue weighted by molar-refractivity contribution is 5.89. The highest BCUT2D eigenvalue weighted by Crippen LogP contribution is 2.35. The van der Waals surface area contributed by atoms with Crippen molar-refractivity contribution in [2.45, 2.75) is 25.8 Å². The second kappa shape index (κ2) is 7.86. The first-order valence-corrected chi connectivity index (χ1v) is 9.07. The lowest BCUT2D eigenvalue weighted by molar-refractivity contribution is 0.101. The van der Waals surface area contributed by atoms with Crippen molar-refractivity contribution >= 4 is 11.7 Å². The van der Waals surface area contributed by atoms with Crippen LogP contribution in [0.15, 0.2) is 30.9 Å². The summed E-state index contributed by atoms with van der Waals surface area (Å²) in [7, 11) is 5.95. The van der Waals surface area contributed by atoms with Crippen molar-refractivity contribution in [2.24, 2.45) is 13.0 Å². The van der Waals surface area contributed by atoms with Gasteiger partial charge in [0, 0.05) is 44.6 Å². The number of nitrogens with zero attached hydrogens (tertiary/aromatic N) is 5. The highest BCUT2D eigenvalue weighted by atomic mass is 16.2. The van der Waals surface area contributed by atoms with Gasteiger partial charge in [-0.25, -0.2) is 4.79 Å². The second-order valence-electron chi connectivity index (χ2n) is 7.28. The maximum Gasteiger partial charge on any atom is 0.321 e. The number of likely N-dealkylation sites (tertiary alicyclic amines) is 1. The van der Waals surface area contributed by atoms with E-state index in [4.69, 9.17) is 0 Å². The molecule has 0 unspecified atom stereocenters. The zero-order chi connectivity index (χ0) is 18.7. The van der Waals surface area contributed by atoms with Crippen molar-refractivity contribution in [2.75, 3.05) is 32.5 Å². The fourth-order valence-corrected chi connectivity index (χ4v) is 3.81. The molecule has 1 aliphatic heterocycles. The fourth-order valence-electron chi connectivity index (χ4n) is 3.81. The third-order valence-electron chi connectivity index (χ3n) is 5.21. The van der Waals surface area contributed by atoms with Crippen LogP contribution in [0.2, 0.25) is 0 Å². The Bertz CT molecular complexity index is 758. The lowest BCUT2D eigenvalue weighted by Crippen LogP contribution is -2.43. The Kier molecular flexibility index (Phi) is 5.56. The number of carbonyl (C=O) groups excluding carboxylic acids is 1. The van der Waals surface area contributed by atoms with Crippen LogP contribution in [0.4, 0.5) is 10.5 Å². The normalized spacial score (nSPS) is 20.8. The smallest absolute Gasteiger partial charge is 0.321 e. The summed E-state index contributed by atoms with van der Waals surface area (Å²) in [5.41, 5.74) is 2.98. The van der Waals surface area contributed by atoms with Gasteiger partial charge >= 0.3 is 6.03 Å². The van der Waals surface area contributed by atoms with Crippen LogP contribution in [0.5, 0.6) is 0 Å². The number of aryl methyl sites for hydroxylation is 2. The topological polar surface area (TPSA) is 66.3 Å². The molecule has 0 bridgehead atoms. The van der Waals surface area contributed by atoms with Gasteiger partial charge in [0.15, 0.2) is 0 Å². The number of aromatic nitrogens is 3. The SMILES string of the molecule is Cc1ccncc1NC(=O)N(C)C[C@@H]1CCCN(C)[C@H]1c1cnn(C)c1. The van der Waals surface area contributed by atoms with Crippen LogP contribution in [0, 0.1) is 12.8 Å². The molecule has 140 valence electrons. The Labute approximate surface area is 155 Å². The maximum atomic E-state index is 12.6. The Morgan fingerprint density at radius 3 is 2.88 bits per heavy atom. The van der Waals surface area contributed by atoms with Crippen molar-refractivity contribution in [3.8, 4) is 0 Å². The highest BCUT2D eigenvalue weighted by Gasteiger charge is 2.32. The molecular weight excluding hydrogens is 328 g/mol. The number of hydrogen-bond acceptors (Lipinski definition) is 4.